The fraction of sp³-hybridized carbons (Fsp3) is 0.150. The number of aryl methyl sites for hydroxylation is 2. The smallest absolute Gasteiger partial charge is 0.282 e. The fourth-order valence-corrected chi connectivity index (χ4v) is 3.19. The number of hydrogen-bond donors (Lipinski definition) is 1. The van der Waals surface area contributed by atoms with Crippen molar-refractivity contribution in [1.29, 1.82) is 0 Å². The van der Waals surface area contributed by atoms with Crippen LogP contribution in [-0.4, -0.2) is 16.1 Å². The Morgan fingerprint density at radius 1 is 1.00 bits per heavy atom. The Labute approximate surface area is 161 Å². The Kier molecular flexibility index (Phi) is 5.81. The fourth-order valence-electron chi connectivity index (χ4n) is 2.25. The first-order chi connectivity index (χ1) is 12.5. The van der Waals surface area contributed by atoms with Crippen LogP contribution in [0.2, 0.25) is 0 Å². The number of nitrogens with one attached hydrogen (secondary N) is 1. The van der Waals surface area contributed by atoms with Crippen LogP contribution >= 0.6 is 22.9 Å². The van der Waals surface area contributed by atoms with E-state index in [9.17, 15) is 4.79 Å². The molecule has 0 bridgehead atoms. The van der Waals surface area contributed by atoms with Crippen LogP contribution in [-0.2, 0) is 6.54 Å². The number of amides is 1. The highest BCUT2D eigenvalue weighted by molar-refractivity contribution is 7.15. The van der Waals surface area contributed by atoms with Gasteiger partial charge in [-0.15, -0.1) is 10.2 Å². The molecule has 0 atom stereocenters. The molecule has 0 aliphatic heterocycles. The molecule has 132 valence electrons. The largest absolute Gasteiger partial charge is 0.346 e. The number of carbonyl (C=O) groups excluding carboxylic acids is 1. The lowest BCUT2D eigenvalue weighted by Crippen LogP contribution is -2.22. The Morgan fingerprint density at radius 2 is 1.58 bits per heavy atom. The van der Waals surface area contributed by atoms with Gasteiger partial charge in [0.15, 0.2) is 5.01 Å². The SMILES string of the molecule is Cc1ccc(C=C(Cl)c2nnc(C(=O)NCc3ccc(C)cc3)s2)cc1. The highest BCUT2D eigenvalue weighted by Gasteiger charge is 2.14. The topological polar surface area (TPSA) is 54.9 Å². The molecule has 0 saturated carbocycles. The van der Waals surface area contributed by atoms with Crippen LogP contribution in [0.15, 0.2) is 48.5 Å². The minimum atomic E-state index is -0.255. The molecular weight excluding hydrogens is 366 g/mol. The molecule has 1 N–H and O–H groups in total. The van der Waals surface area contributed by atoms with Gasteiger partial charge in [0.05, 0.1) is 5.03 Å². The van der Waals surface area contributed by atoms with Gasteiger partial charge in [-0.25, -0.2) is 0 Å². The number of aromatic nitrogens is 2. The first kappa shape index (κ1) is 18.3. The standard InChI is InChI=1S/C20H18ClN3OS/c1-13-3-7-15(8-4-13)11-17(21)19-23-24-20(26-19)18(25)22-12-16-9-5-14(2)6-10-16/h3-11H,12H2,1-2H3,(H,22,25). The summed E-state index contributed by atoms with van der Waals surface area (Å²) in [6.07, 6.45) is 1.81. The molecular formula is C20H18ClN3OS. The van der Waals surface area contributed by atoms with Crippen molar-refractivity contribution in [3.8, 4) is 0 Å². The molecule has 4 nitrogen and oxygen atoms in total. The third kappa shape index (κ3) is 4.77. The summed E-state index contributed by atoms with van der Waals surface area (Å²) in [4.78, 5) is 12.3. The third-order valence-electron chi connectivity index (χ3n) is 3.77. The van der Waals surface area contributed by atoms with E-state index in [1.807, 2.05) is 68.5 Å². The molecule has 0 fully saturated rings. The van der Waals surface area contributed by atoms with Gasteiger partial charge in [0.25, 0.3) is 5.91 Å². The zero-order valence-corrected chi connectivity index (χ0v) is 16.1. The molecule has 1 amide bonds. The summed E-state index contributed by atoms with van der Waals surface area (Å²) in [7, 11) is 0. The first-order valence-electron chi connectivity index (χ1n) is 8.13. The summed E-state index contributed by atoms with van der Waals surface area (Å²) in [6, 6.07) is 16.0. The van der Waals surface area contributed by atoms with E-state index in [4.69, 9.17) is 11.6 Å². The van der Waals surface area contributed by atoms with Crippen molar-refractivity contribution >= 4 is 40.0 Å². The van der Waals surface area contributed by atoms with E-state index in [0.717, 1.165) is 11.1 Å². The quantitative estimate of drug-likeness (QED) is 0.687. The first-order valence-corrected chi connectivity index (χ1v) is 9.32. The summed E-state index contributed by atoms with van der Waals surface area (Å²) in [5, 5.41) is 12.1. The van der Waals surface area contributed by atoms with Crippen molar-refractivity contribution in [3.05, 3.63) is 80.8 Å². The average molecular weight is 384 g/mol. The highest BCUT2D eigenvalue weighted by atomic mass is 35.5. The van der Waals surface area contributed by atoms with Crippen LogP contribution < -0.4 is 5.32 Å². The van der Waals surface area contributed by atoms with E-state index >= 15 is 0 Å². The Hall–Kier alpha value is -2.50. The highest BCUT2D eigenvalue weighted by Crippen LogP contribution is 2.25. The second-order valence-electron chi connectivity index (χ2n) is 5.98. The lowest BCUT2D eigenvalue weighted by Gasteiger charge is -2.03. The van der Waals surface area contributed by atoms with Gasteiger partial charge in [0.2, 0.25) is 5.01 Å². The van der Waals surface area contributed by atoms with Crippen molar-refractivity contribution in [1.82, 2.24) is 15.5 Å². The summed E-state index contributed by atoms with van der Waals surface area (Å²) in [6.45, 7) is 4.50. The zero-order chi connectivity index (χ0) is 18.5. The zero-order valence-electron chi connectivity index (χ0n) is 14.5. The van der Waals surface area contributed by atoms with Crippen LogP contribution in [0.1, 0.15) is 37.1 Å². The van der Waals surface area contributed by atoms with E-state index in [2.05, 4.69) is 15.5 Å². The lowest BCUT2D eigenvalue weighted by atomic mass is 10.1. The molecule has 2 aromatic carbocycles. The normalized spacial score (nSPS) is 11.4. The molecule has 6 heteroatoms. The molecule has 0 spiro atoms. The maximum absolute atomic E-state index is 12.3. The van der Waals surface area contributed by atoms with Crippen LogP contribution in [0, 0.1) is 13.8 Å². The van der Waals surface area contributed by atoms with Crippen molar-refractivity contribution in [3.63, 3.8) is 0 Å². The number of halogens is 1. The van der Waals surface area contributed by atoms with E-state index in [-0.39, 0.29) is 5.91 Å². The molecule has 26 heavy (non-hydrogen) atoms. The van der Waals surface area contributed by atoms with Crippen molar-refractivity contribution in [2.45, 2.75) is 20.4 Å². The van der Waals surface area contributed by atoms with E-state index < -0.39 is 0 Å². The van der Waals surface area contributed by atoms with Crippen molar-refractivity contribution < 1.29 is 4.79 Å². The summed E-state index contributed by atoms with van der Waals surface area (Å²) >= 11 is 7.50. The number of rotatable bonds is 5. The number of nitrogens with zero attached hydrogens (tertiary/aromatic N) is 2. The molecule has 1 heterocycles. The predicted molar refractivity (Wildman–Crippen MR) is 107 cm³/mol. The summed E-state index contributed by atoms with van der Waals surface area (Å²) < 4.78 is 0. The van der Waals surface area contributed by atoms with Crippen LogP contribution in [0.5, 0.6) is 0 Å². The van der Waals surface area contributed by atoms with E-state index in [1.54, 1.807) is 0 Å². The maximum Gasteiger partial charge on any atom is 0.282 e. The van der Waals surface area contributed by atoms with Crippen molar-refractivity contribution in [2.75, 3.05) is 0 Å². The third-order valence-corrected chi connectivity index (χ3v) is 5.12. The van der Waals surface area contributed by atoms with E-state index in [1.165, 1.54) is 22.5 Å². The van der Waals surface area contributed by atoms with Crippen LogP contribution in [0.25, 0.3) is 11.1 Å². The summed E-state index contributed by atoms with van der Waals surface area (Å²) in [5.41, 5.74) is 4.37. The maximum atomic E-state index is 12.3. The molecule has 3 aromatic rings. The Balaban J connectivity index is 1.65. The van der Waals surface area contributed by atoms with Gasteiger partial charge in [-0.05, 0) is 31.1 Å². The Bertz CT molecular complexity index is 930. The minimum Gasteiger partial charge on any atom is -0.346 e. The lowest BCUT2D eigenvalue weighted by molar-refractivity contribution is 0.0950. The van der Waals surface area contributed by atoms with Crippen LogP contribution in [0.4, 0.5) is 0 Å². The molecule has 0 saturated heterocycles. The van der Waals surface area contributed by atoms with Gasteiger partial charge in [-0.2, -0.15) is 0 Å². The van der Waals surface area contributed by atoms with Gasteiger partial charge in [-0.1, -0.05) is 82.6 Å². The molecule has 0 unspecified atom stereocenters. The average Bonchev–Trinajstić information content (AvgIpc) is 3.13. The summed E-state index contributed by atoms with van der Waals surface area (Å²) in [5.74, 6) is -0.255. The molecule has 0 aliphatic rings. The van der Waals surface area contributed by atoms with Gasteiger partial charge in [0, 0.05) is 6.54 Å². The van der Waals surface area contributed by atoms with Gasteiger partial charge >= 0.3 is 0 Å². The molecule has 1 aromatic heterocycles. The monoisotopic (exact) mass is 383 g/mol. The van der Waals surface area contributed by atoms with Gasteiger partial charge < -0.3 is 5.32 Å². The second-order valence-corrected chi connectivity index (χ2v) is 7.37. The van der Waals surface area contributed by atoms with Gasteiger partial charge in [-0.3, -0.25) is 4.79 Å². The number of benzene rings is 2. The van der Waals surface area contributed by atoms with Crippen LogP contribution in [0.3, 0.4) is 0 Å². The number of hydrogen-bond acceptors (Lipinski definition) is 4. The van der Waals surface area contributed by atoms with Crippen molar-refractivity contribution in [2.24, 2.45) is 0 Å². The van der Waals surface area contributed by atoms with E-state index in [0.29, 0.717) is 21.6 Å². The second kappa shape index (κ2) is 8.25. The van der Waals surface area contributed by atoms with Gasteiger partial charge in [0.1, 0.15) is 0 Å². The molecule has 0 radical (unpaired) electrons. The molecule has 3 rings (SSSR count). The predicted octanol–water partition coefficient (Wildman–Crippen LogP) is 4.82. The molecule has 0 aliphatic carbocycles. The number of carbonyl (C=O) groups is 1. The Morgan fingerprint density at radius 3 is 2.23 bits per heavy atom. The minimum absolute atomic E-state index is 0.255.